The predicted octanol–water partition coefficient (Wildman–Crippen LogP) is -0.0376. The maximum atomic E-state index is 12.5. The van der Waals surface area contributed by atoms with Crippen LogP contribution >= 0.6 is 0 Å². The highest BCUT2D eigenvalue weighted by atomic mass is 32.2. The van der Waals surface area contributed by atoms with Crippen LogP contribution in [0.3, 0.4) is 0 Å². The van der Waals surface area contributed by atoms with Gasteiger partial charge in [0.15, 0.2) is 0 Å². The Kier molecular flexibility index (Phi) is 3.58. The van der Waals surface area contributed by atoms with Crippen molar-refractivity contribution >= 4 is 22.0 Å². The summed E-state index contributed by atoms with van der Waals surface area (Å²) in [6.07, 6.45) is 6.95. The number of carbonyl (C=O) groups excluding carboxylic acids is 2. The van der Waals surface area contributed by atoms with E-state index in [9.17, 15) is 18.0 Å². The summed E-state index contributed by atoms with van der Waals surface area (Å²) in [4.78, 5) is 26.3. The van der Waals surface area contributed by atoms with Crippen LogP contribution in [0.25, 0.3) is 0 Å². The normalized spacial score (nSPS) is 33.3. The van der Waals surface area contributed by atoms with Gasteiger partial charge in [0, 0.05) is 26.2 Å². The summed E-state index contributed by atoms with van der Waals surface area (Å²) in [5.41, 5.74) is 0. The minimum absolute atomic E-state index is 0.118. The maximum absolute atomic E-state index is 12.5. The summed E-state index contributed by atoms with van der Waals surface area (Å²) >= 11 is 0. The largest absolute Gasteiger partial charge is 0.282 e. The molecule has 4 aliphatic rings. The Labute approximate surface area is 136 Å². The summed E-state index contributed by atoms with van der Waals surface area (Å²) < 4.78 is 27.8. The molecule has 8 heteroatoms. The van der Waals surface area contributed by atoms with E-state index in [1.54, 1.807) is 0 Å². The molecule has 4 rings (SSSR count). The van der Waals surface area contributed by atoms with E-state index in [1.165, 1.54) is 13.5 Å². The van der Waals surface area contributed by atoms with Crippen molar-refractivity contribution in [3.8, 4) is 0 Å². The second-order valence-electron chi connectivity index (χ2n) is 6.79. The van der Waals surface area contributed by atoms with Crippen molar-refractivity contribution in [2.75, 3.05) is 26.2 Å². The number of amides is 2. The third-order valence-electron chi connectivity index (χ3n) is 5.45. The van der Waals surface area contributed by atoms with Crippen LogP contribution in [0, 0.1) is 11.8 Å². The second-order valence-corrected chi connectivity index (χ2v) is 8.72. The van der Waals surface area contributed by atoms with Gasteiger partial charge < -0.3 is 0 Å². The molecular weight excluding hydrogens is 318 g/mol. The van der Waals surface area contributed by atoms with Crippen LogP contribution in [0.5, 0.6) is 0 Å². The molecule has 3 fully saturated rings. The van der Waals surface area contributed by atoms with Crippen molar-refractivity contribution in [2.45, 2.75) is 31.7 Å². The number of rotatable bonds is 3. The van der Waals surface area contributed by atoms with E-state index < -0.39 is 10.2 Å². The number of hydrogen-bond donors (Lipinski definition) is 0. The van der Waals surface area contributed by atoms with E-state index in [0.29, 0.717) is 25.9 Å². The molecule has 0 N–H and O–H groups in total. The van der Waals surface area contributed by atoms with Crippen LogP contribution in [0.4, 0.5) is 0 Å². The first kappa shape index (κ1) is 15.3. The van der Waals surface area contributed by atoms with Gasteiger partial charge in [-0.15, -0.1) is 0 Å². The SMILES string of the molecule is O=C1C2CC=CCC2C(=O)N1C1CN(S(=O)(=O)N2CCCC2)C1. The van der Waals surface area contributed by atoms with Gasteiger partial charge in [-0.25, -0.2) is 0 Å². The lowest BCUT2D eigenvalue weighted by molar-refractivity contribution is -0.145. The lowest BCUT2D eigenvalue weighted by Crippen LogP contribution is -2.64. The van der Waals surface area contributed by atoms with Crippen molar-refractivity contribution in [2.24, 2.45) is 11.8 Å². The molecule has 126 valence electrons. The summed E-state index contributed by atoms with van der Waals surface area (Å²) in [6.45, 7) is 1.62. The van der Waals surface area contributed by atoms with Gasteiger partial charge in [-0.05, 0) is 25.7 Å². The van der Waals surface area contributed by atoms with Crippen molar-refractivity contribution in [1.82, 2.24) is 13.5 Å². The molecule has 2 unspecified atom stereocenters. The Morgan fingerprint density at radius 2 is 1.39 bits per heavy atom. The average Bonchev–Trinajstić information content (AvgIpc) is 3.10. The molecule has 0 aromatic rings. The minimum atomic E-state index is -3.42. The molecule has 0 bridgehead atoms. The molecule has 2 amide bonds. The fraction of sp³-hybridized carbons (Fsp3) is 0.733. The average molecular weight is 339 g/mol. The molecule has 0 radical (unpaired) electrons. The molecule has 3 saturated heterocycles. The number of fused-ring (bicyclic) bond motifs is 1. The lowest BCUT2D eigenvalue weighted by atomic mass is 9.85. The standard InChI is InChI=1S/C15H21N3O4S/c19-14-12-5-1-2-6-13(12)15(20)18(14)11-9-17(10-11)23(21,22)16-7-3-4-8-16/h1-2,11-13H,3-10H2. The molecule has 2 atom stereocenters. The Hall–Kier alpha value is -1.25. The van der Waals surface area contributed by atoms with E-state index in [4.69, 9.17) is 0 Å². The highest BCUT2D eigenvalue weighted by Crippen LogP contribution is 2.38. The number of imide groups is 1. The van der Waals surface area contributed by atoms with Crippen molar-refractivity contribution in [1.29, 1.82) is 0 Å². The topological polar surface area (TPSA) is 78.0 Å². The van der Waals surface area contributed by atoms with Crippen molar-refractivity contribution < 1.29 is 18.0 Å². The highest BCUT2D eigenvalue weighted by Gasteiger charge is 2.53. The van der Waals surface area contributed by atoms with Crippen molar-refractivity contribution in [3.05, 3.63) is 12.2 Å². The number of carbonyl (C=O) groups is 2. The first-order valence-corrected chi connectivity index (χ1v) is 9.67. The summed E-state index contributed by atoms with van der Waals surface area (Å²) in [7, 11) is -3.42. The zero-order valence-electron chi connectivity index (χ0n) is 12.9. The van der Waals surface area contributed by atoms with E-state index in [1.807, 2.05) is 12.2 Å². The molecule has 0 saturated carbocycles. The first-order valence-electron chi connectivity index (χ1n) is 8.27. The quantitative estimate of drug-likeness (QED) is 0.534. The van der Waals surface area contributed by atoms with Gasteiger partial charge in [-0.3, -0.25) is 14.5 Å². The Balaban J connectivity index is 1.44. The first-order chi connectivity index (χ1) is 11.0. The predicted molar refractivity (Wildman–Crippen MR) is 82.3 cm³/mol. The molecule has 3 aliphatic heterocycles. The van der Waals surface area contributed by atoms with Gasteiger partial charge >= 0.3 is 0 Å². The molecule has 3 heterocycles. The lowest BCUT2D eigenvalue weighted by Gasteiger charge is -2.43. The number of nitrogens with zero attached hydrogens (tertiary/aromatic N) is 3. The van der Waals surface area contributed by atoms with Gasteiger partial charge in [0.25, 0.3) is 10.2 Å². The van der Waals surface area contributed by atoms with Crippen LogP contribution in [0.2, 0.25) is 0 Å². The molecule has 7 nitrogen and oxygen atoms in total. The van der Waals surface area contributed by atoms with Crippen LogP contribution in [0.1, 0.15) is 25.7 Å². The van der Waals surface area contributed by atoms with Gasteiger partial charge in [0.1, 0.15) is 0 Å². The van der Waals surface area contributed by atoms with E-state index in [2.05, 4.69) is 0 Å². The number of likely N-dealkylation sites (tertiary alicyclic amines) is 1. The number of allylic oxidation sites excluding steroid dienone is 2. The van der Waals surface area contributed by atoms with Gasteiger partial charge in [-0.2, -0.15) is 17.0 Å². The monoisotopic (exact) mass is 339 g/mol. The highest BCUT2D eigenvalue weighted by molar-refractivity contribution is 7.86. The molecule has 23 heavy (non-hydrogen) atoms. The smallest absolute Gasteiger partial charge is 0.276 e. The van der Waals surface area contributed by atoms with Gasteiger partial charge in [0.2, 0.25) is 11.8 Å². The fourth-order valence-corrected chi connectivity index (χ4v) is 5.80. The van der Waals surface area contributed by atoms with E-state index in [-0.39, 0.29) is 42.8 Å². The third-order valence-corrected chi connectivity index (χ3v) is 7.42. The molecule has 0 spiro atoms. The summed E-state index contributed by atoms with van der Waals surface area (Å²) in [5, 5.41) is 0. The van der Waals surface area contributed by atoms with Crippen LogP contribution in [-0.4, -0.2) is 66.0 Å². The molecular formula is C15H21N3O4S. The number of hydrogen-bond acceptors (Lipinski definition) is 4. The van der Waals surface area contributed by atoms with Gasteiger partial charge in [-0.1, -0.05) is 12.2 Å². The van der Waals surface area contributed by atoms with Crippen molar-refractivity contribution in [3.63, 3.8) is 0 Å². The zero-order valence-corrected chi connectivity index (χ0v) is 13.7. The van der Waals surface area contributed by atoms with Crippen LogP contribution in [0.15, 0.2) is 12.2 Å². The second kappa shape index (κ2) is 5.39. The van der Waals surface area contributed by atoms with Crippen LogP contribution in [-0.2, 0) is 19.8 Å². The third kappa shape index (κ3) is 2.27. The molecule has 1 aliphatic carbocycles. The van der Waals surface area contributed by atoms with Crippen LogP contribution < -0.4 is 0 Å². The summed E-state index contributed by atoms with van der Waals surface area (Å²) in [6, 6.07) is -0.294. The molecule has 0 aromatic heterocycles. The summed E-state index contributed by atoms with van der Waals surface area (Å²) in [5.74, 6) is -0.714. The minimum Gasteiger partial charge on any atom is -0.276 e. The Morgan fingerprint density at radius 3 is 1.91 bits per heavy atom. The Bertz CT molecular complexity index is 636. The Morgan fingerprint density at radius 1 is 0.870 bits per heavy atom. The van der Waals surface area contributed by atoms with E-state index >= 15 is 0 Å². The molecule has 0 aromatic carbocycles. The fourth-order valence-electron chi connectivity index (χ4n) is 4.04. The zero-order chi connectivity index (χ0) is 16.2. The van der Waals surface area contributed by atoms with Gasteiger partial charge in [0.05, 0.1) is 17.9 Å². The van der Waals surface area contributed by atoms with E-state index in [0.717, 1.165) is 12.8 Å². The maximum Gasteiger partial charge on any atom is 0.282 e.